The SMILES string of the molecule is Cn1nncc1SCC1=C(C(=O)O)N2C(=O)C(NC(=O)C(N)c3ccc(O)cc3)[C@H]2SC1. The van der Waals surface area contributed by atoms with Gasteiger partial charge in [-0.15, -0.1) is 28.6 Å². The first-order valence-electron chi connectivity index (χ1n) is 9.50. The van der Waals surface area contributed by atoms with Crippen LogP contribution in [0.25, 0.3) is 0 Å². The van der Waals surface area contributed by atoms with E-state index >= 15 is 0 Å². The molecule has 2 aliphatic heterocycles. The first-order valence-corrected chi connectivity index (χ1v) is 11.5. The van der Waals surface area contributed by atoms with Gasteiger partial charge in [-0.25, -0.2) is 9.48 Å². The summed E-state index contributed by atoms with van der Waals surface area (Å²) in [7, 11) is 1.74. The van der Waals surface area contributed by atoms with Crippen LogP contribution >= 0.6 is 23.5 Å². The summed E-state index contributed by atoms with van der Waals surface area (Å²) >= 11 is 2.78. The summed E-state index contributed by atoms with van der Waals surface area (Å²) < 4.78 is 1.59. The molecule has 32 heavy (non-hydrogen) atoms. The fourth-order valence-corrected chi connectivity index (χ4v) is 5.82. The van der Waals surface area contributed by atoms with Gasteiger partial charge in [0.15, 0.2) is 0 Å². The number of benzene rings is 1. The topological polar surface area (TPSA) is 164 Å². The second-order valence-corrected chi connectivity index (χ2v) is 9.31. The molecular weight excluding hydrogens is 456 g/mol. The minimum Gasteiger partial charge on any atom is -0.508 e. The molecule has 0 spiro atoms. The van der Waals surface area contributed by atoms with Gasteiger partial charge in [0.05, 0.1) is 6.20 Å². The van der Waals surface area contributed by atoms with Crippen LogP contribution in [0.5, 0.6) is 5.75 Å². The van der Waals surface area contributed by atoms with E-state index in [0.29, 0.717) is 22.6 Å². The van der Waals surface area contributed by atoms with Crippen molar-refractivity contribution in [2.24, 2.45) is 12.8 Å². The van der Waals surface area contributed by atoms with Gasteiger partial charge in [-0.1, -0.05) is 17.3 Å². The van der Waals surface area contributed by atoms with Crippen LogP contribution in [0.4, 0.5) is 0 Å². The Bertz CT molecular complexity index is 1100. The molecule has 3 heterocycles. The van der Waals surface area contributed by atoms with Gasteiger partial charge in [0, 0.05) is 18.6 Å². The standard InChI is InChI=1S/C19H20N6O5S2/c1-24-12(6-21-23-24)31-7-10-8-32-18-14(17(28)25(18)15(10)19(29)30)22-16(27)13(20)9-2-4-11(26)5-3-9/h2-6,13-14,18,26H,7-8,20H2,1H3,(H,22,27)(H,29,30)/t13?,14?,18-/m1/s1. The van der Waals surface area contributed by atoms with Crippen LogP contribution in [-0.4, -0.2) is 70.8 Å². The van der Waals surface area contributed by atoms with Crippen molar-refractivity contribution >= 4 is 41.3 Å². The number of aromatic nitrogens is 3. The van der Waals surface area contributed by atoms with Crippen molar-refractivity contribution in [3.05, 3.63) is 47.3 Å². The molecular formula is C19H20N6O5S2. The largest absolute Gasteiger partial charge is 0.508 e. The number of nitrogens with two attached hydrogens (primary N) is 1. The fourth-order valence-electron chi connectivity index (χ4n) is 3.44. The first-order chi connectivity index (χ1) is 15.3. The molecule has 0 aliphatic carbocycles. The lowest BCUT2D eigenvalue weighted by molar-refractivity contribution is -0.150. The highest BCUT2D eigenvalue weighted by molar-refractivity contribution is 8.01. The third-order valence-electron chi connectivity index (χ3n) is 5.15. The number of carboxylic acid groups (broad SMARTS) is 1. The van der Waals surface area contributed by atoms with Crippen molar-refractivity contribution < 1.29 is 24.6 Å². The van der Waals surface area contributed by atoms with Gasteiger partial charge >= 0.3 is 5.97 Å². The number of carbonyl (C=O) groups excluding carboxylic acids is 2. The smallest absolute Gasteiger partial charge is 0.352 e. The average Bonchev–Trinajstić information content (AvgIpc) is 3.19. The highest BCUT2D eigenvalue weighted by Gasteiger charge is 2.54. The van der Waals surface area contributed by atoms with Gasteiger partial charge in [0.25, 0.3) is 5.91 Å². The van der Waals surface area contributed by atoms with E-state index in [1.165, 1.54) is 52.7 Å². The maximum atomic E-state index is 12.8. The highest BCUT2D eigenvalue weighted by Crippen LogP contribution is 2.41. The molecule has 1 aromatic heterocycles. The Kier molecular flexibility index (Phi) is 6.13. The number of thioether (sulfide) groups is 2. The number of carboxylic acids is 1. The van der Waals surface area contributed by atoms with Crippen LogP contribution in [0.3, 0.4) is 0 Å². The average molecular weight is 477 g/mol. The van der Waals surface area contributed by atoms with Crippen LogP contribution < -0.4 is 11.1 Å². The van der Waals surface area contributed by atoms with Gasteiger partial charge in [-0.3, -0.25) is 14.5 Å². The van der Waals surface area contributed by atoms with Crippen LogP contribution in [0.15, 0.2) is 46.8 Å². The number of β-lactam (4-membered cyclic amide) rings is 1. The summed E-state index contributed by atoms with van der Waals surface area (Å²) in [6, 6.07) is 4.00. The summed E-state index contributed by atoms with van der Waals surface area (Å²) in [6.45, 7) is 0. The molecule has 0 bridgehead atoms. The van der Waals surface area contributed by atoms with Crippen molar-refractivity contribution in [2.45, 2.75) is 22.5 Å². The summed E-state index contributed by atoms with van der Waals surface area (Å²) in [5.41, 5.74) is 7.03. The molecule has 1 fully saturated rings. The van der Waals surface area contributed by atoms with E-state index in [1.54, 1.807) is 17.9 Å². The lowest BCUT2D eigenvalue weighted by Gasteiger charge is -2.49. The normalized spacial score (nSPS) is 21.1. The van der Waals surface area contributed by atoms with Gasteiger partial charge in [-0.2, -0.15) is 0 Å². The van der Waals surface area contributed by atoms with Gasteiger partial charge < -0.3 is 21.3 Å². The molecule has 1 aromatic carbocycles. The Labute approximate surface area is 191 Å². The molecule has 3 atom stereocenters. The number of aryl methyl sites for hydroxylation is 1. The van der Waals surface area contributed by atoms with Crippen molar-refractivity contribution in [1.29, 1.82) is 0 Å². The third-order valence-corrected chi connectivity index (χ3v) is 7.65. The van der Waals surface area contributed by atoms with Crippen molar-refractivity contribution in [1.82, 2.24) is 25.2 Å². The zero-order chi connectivity index (χ0) is 23.0. The lowest BCUT2D eigenvalue weighted by atomic mass is 10.0. The summed E-state index contributed by atoms with van der Waals surface area (Å²) in [4.78, 5) is 38.5. The number of phenolic OH excluding ortho intramolecular Hbond substituents is 1. The number of nitrogens with one attached hydrogen (secondary N) is 1. The Balaban J connectivity index is 1.45. The molecule has 168 valence electrons. The molecule has 1 saturated heterocycles. The number of amides is 2. The van der Waals surface area contributed by atoms with E-state index in [2.05, 4.69) is 15.6 Å². The summed E-state index contributed by atoms with van der Waals surface area (Å²) in [5, 5.41) is 29.7. The Morgan fingerprint density at radius 1 is 1.38 bits per heavy atom. The third kappa shape index (κ3) is 4.06. The second-order valence-electron chi connectivity index (χ2n) is 7.21. The molecule has 0 radical (unpaired) electrons. The van der Waals surface area contributed by atoms with E-state index in [4.69, 9.17) is 5.73 Å². The van der Waals surface area contributed by atoms with E-state index in [0.717, 1.165) is 5.03 Å². The molecule has 0 saturated carbocycles. The Morgan fingerprint density at radius 3 is 2.72 bits per heavy atom. The van der Waals surface area contributed by atoms with Crippen LogP contribution in [0, 0.1) is 0 Å². The number of nitrogens with zero attached hydrogens (tertiary/aromatic N) is 4. The van der Waals surface area contributed by atoms with E-state index in [-0.39, 0.29) is 11.4 Å². The van der Waals surface area contributed by atoms with Crippen molar-refractivity contribution in [3.63, 3.8) is 0 Å². The quantitative estimate of drug-likeness (QED) is 0.317. The predicted octanol–water partition coefficient (Wildman–Crippen LogP) is 0.0514. The lowest BCUT2D eigenvalue weighted by Crippen LogP contribution is -2.71. The van der Waals surface area contributed by atoms with E-state index in [1.807, 2.05) is 0 Å². The predicted molar refractivity (Wildman–Crippen MR) is 116 cm³/mol. The van der Waals surface area contributed by atoms with E-state index in [9.17, 15) is 24.6 Å². The molecule has 11 nitrogen and oxygen atoms in total. The molecule has 13 heteroatoms. The van der Waals surface area contributed by atoms with Crippen LogP contribution in [-0.2, 0) is 21.4 Å². The fraction of sp³-hybridized carbons (Fsp3) is 0.316. The molecule has 5 N–H and O–H groups in total. The zero-order valence-electron chi connectivity index (χ0n) is 16.8. The maximum Gasteiger partial charge on any atom is 0.352 e. The van der Waals surface area contributed by atoms with Crippen LogP contribution in [0.1, 0.15) is 11.6 Å². The van der Waals surface area contributed by atoms with Crippen molar-refractivity contribution in [2.75, 3.05) is 11.5 Å². The molecule has 2 aromatic rings. The van der Waals surface area contributed by atoms with Crippen LogP contribution in [0.2, 0.25) is 0 Å². The zero-order valence-corrected chi connectivity index (χ0v) is 18.5. The molecule has 2 unspecified atom stereocenters. The number of hydrogen-bond donors (Lipinski definition) is 4. The van der Waals surface area contributed by atoms with Gasteiger partial charge in [0.1, 0.15) is 33.9 Å². The minimum atomic E-state index is -1.19. The van der Waals surface area contributed by atoms with E-state index < -0.39 is 35.2 Å². The molecule has 2 amide bonds. The first kappa shape index (κ1) is 22.2. The van der Waals surface area contributed by atoms with Gasteiger partial charge in [-0.05, 0) is 23.3 Å². The number of hydrogen-bond acceptors (Lipinski definition) is 9. The monoisotopic (exact) mass is 476 g/mol. The Morgan fingerprint density at radius 2 is 2.09 bits per heavy atom. The number of rotatable bonds is 7. The maximum absolute atomic E-state index is 12.8. The van der Waals surface area contributed by atoms with Gasteiger partial charge in [0.2, 0.25) is 5.91 Å². The second kappa shape index (κ2) is 8.84. The highest BCUT2D eigenvalue weighted by atomic mass is 32.2. The Hall–Kier alpha value is -3.03. The summed E-state index contributed by atoms with van der Waals surface area (Å²) in [5.74, 6) is -1.41. The van der Waals surface area contributed by atoms with Crippen molar-refractivity contribution in [3.8, 4) is 5.75 Å². The number of carbonyl (C=O) groups is 3. The number of fused-ring (bicyclic) bond motifs is 1. The number of aromatic hydroxyl groups is 1. The number of phenols is 1. The summed E-state index contributed by atoms with van der Waals surface area (Å²) in [6.07, 6.45) is 1.59. The molecule has 4 rings (SSSR count). The minimum absolute atomic E-state index is 0.0466. The molecule has 2 aliphatic rings. The number of aliphatic carboxylic acids is 1.